The molecule has 2 aromatic carbocycles. The summed E-state index contributed by atoms with van der Waals surface area (Å²) >= 11 is 0. The molecule has 1 saturated carbocycles. The van der Waals surface area contributed by atoms with E-state index in [2.05, 4.69) is 5.32 Å². The molecule has 0 bridgehead atoms. The van der Waals surface area contributed by atoms with Crippen molar-refractivity contribution < 1.29 is 23.5 Å². The summed E-state index contributed by atoms with van der Waals surface area (Å²) < 4.78 is 24.8. The molecule has 2 aromatic rings. The third kappa shape index (κ3) is 7.55. The van der Waals surface area contributed by atoms with Crippen LogP contribution in [-0.2, 0) is 14.3 Å². The minimum atomic E-state index is -0.514. The summed E-state index contributed by atoms with van der Waals surface area (Å²) in [7, 11) is 0. The van der Waals surface area contributed by atoms with Gasteiger partial charge in [-0.05, 0) is 82.6 Å². The zero-order valence-corrected chi connectivity index (χ0v) is 21.8. The average Bonchev–Trinajstić information content (AvgIpc) is 2.85. The number of carbonyl (C=O) groups excluding carboxylic acids is 2. The molecule has 1 fully saturated rings. The minimum Gasteiger partial charge on any atom is -0.458 e. The van der Waals surface area contributed by atoms with E-state index in [1.807, 2.05) is 62.3 Å². The topological polar surface area (TPSA) is 71.1 Å². The highest BCUT2D eigenvalue weighted by Crippen LogP contribution is 2.32. The van der Waals surface area contributed by atoms with E-state index >= 15 is 0 Å². The van der Waals surface area contributed by atoms with E-state index in [4.69, 9.17) is 9.47 Å². The van der Waals surface area contributed by atoms with Gasteiger partial charge in [0.05, 0.1) is 24.2 Å². The van der Waals surface area contributed by atoms with Crippen molar-refractivity contribution in [2.45, 2.75) is 52.1 Å². The highest BCUT2D eigenvalue weighted by molar-refractivity contribution is 5.90. The first-order chi connectivity index (χ1) is 17.7. The number of para-hydroxylation sites is 1. The number of hydrogen-bond acceptors (Lipinski definition) is 5. The summed E-state index contributed by atoms with van der Waals surface area (Å²) in [6, 6.07) is 15.7. The number of ether oxygens (including phenoxy) is 2. The standard InChI is InChI=1S/C29H36FN3O4/c1-29(2,3)37-27(34)20-36-19-22-14-12-21(13-15-22)17-33-28(35)31-26(23-8-7-9-24(30)16-23)18-32(33)25-10-5-4-6-11-25/h4-11,16,18,21-22H,12-15,17,19-20H2,1-3H3,(H,31,35). The first-order valence-corrected chi connectivity index (χ1v) is 12.9. The van der Waals surface area contributed by atoms with Crippen LogP contribution in [0.25, 0.3) is 5.70 Å². The molecule has 0 unspecified atom stereocenters. The maximum absolute atomic E-state index is 13.8. The summed E-state index contributed by atoms with van der Waals surface area (Å²) in [6.45, 7) is 6.59. The molecule has 7 nitrogen and oxygen atoms in total. The fraction of sp³-hybridized carbons (Fsp3) is 0.448. The van der Waals surface area contributed by atoms with Gasteiger partial charge in [0, 0.05) is 12.1 Å². The Bertz CT molecular complexity index is 1110. The van der Waals surface area contributed by atoms with Gasteiger partial charge < -0.3 is 14.8 Å². The Morgan fingerprint density at radius 1 is 1.03 bits per heavy atom. The van der Waals surface area contributed by atoms with Gasteiger partial charge in [-0.1, -0.05) is 30.3 Å². The van der Waals surface area contributed by atoms with Gasteiger partial charge in [-0.25, -0.2) is 19.0 Å². The summed E-state index contributed by atoms with van der Waals surface area (Å²) in [5, 5.41) is 6.52. The first-order valence-electron chi connectivity index (χ1n) is 12.9. The van der Waals surface area contributed by atoms with E-state index in [1.54, 1.807) is 17.1 Å². The van der Waals surface area contributed by atoms with E-state index in [0.717, 1.165) is 31.4 Å². The van der Waals surface area contributed by atoms with E-state index in [9.17, 15) is 14.0 Å². The fourth-order valence-corrected chi connectivity index (χ4v) is 4.78. The first kappa shape index (κ1) is 26.7. The molecule has 2 amide bonds. The minimum absolute atomic E-state index is 0.0306. The Kier molecular flexibility index (Phi) is 8.48. The highest BCUT2D eigenvalue weighted by atomic mass is 19.1. The van der Waals surface area contributed by atoms with Crippen LogP contribution in [0, 0.1) is 17.7 Å². The number of benzene rings is 2. The maximum atomic E-state index is 13.8. The van der Waals surface area contributed by atoms with Crippen LogP contribution < -0.4 is 10.3 Å². The van der Waals surface area contributed by atoms with Crippen LogP contribution in [0.2, 0.25) is 0 Å². The van der Waals surface area contributed by atoms with E-state index in [0.29, 0.717) is 36.2 Å². The van der Waals surface area contributed by atoms with E-state index in [1.165, 1.54) is 12.1 Å². The van der Waals surface area contributed by atoms with Crippen LogP contribution in [0.1, 0.15) is 52.0 Å². The van der Waals surface area contributed by atoms with Crippen molar-refractivity contribution in [1.29, 1.82) is 0 Å². The summed E-state index contributed by atoms with van der Waals surface area (Å²) in [5.41, 5.74) is 1.51. The van der Waals surface area contributed by atoms with Crippen molar-refractivity contribution in [2.24, 2.45) is 11.8 Å². The number of esters is 1. The molecule has 198 valence electrons. The van der Waals surface area contributed by atoms with Crippen molar-refractivity contribution in [3.63, 3.8) is 0 Å². The molecule has 8 heteroatoms. The van der Waals surface area contributed by atoms with E-state index < -0.39 is 5.60 Å². The Morgan fingerprint density at radius 2 is 1.73 bits per heavy atom. The molecular weight excluding hydrogens is 473 g/mol. The Labute approximate surface area is 218 Å². The second kappa shape index (κ2) is 11.8. The van der Waals surface area contributed by atoms with Crippen LogP contribution >= 0.6 is 0 Å². The van der Waals surface area contributed by atoms with Crippen LogP contribution in [0.3, 0.4) is 0 Å². The largest absolute Gasteiger partial charge is 0.458 e. The lowest BCUT2D eigenvalue weighted by atomic mass is 9.82. The normalized spacial score (nSPS) is 20.3. The van der Waals surface area contributed by atoms with Gasteiger partial charge in [-0.2, -0.15) is 0 Å². The molecule has 2 aliphatic rings. The number of nitrogens with zero attached hydrogens (tertiary/aromatic N) is 2. The molecule has 1 aliphatic carbocycles. The second-order valence-corrected chi connectivity index (χ2v) is 10.7. The number of rotatable bonds is 8. The molecule has 0 spiro atoms. The van der Waals surface area contributed by atoms with Crippen molar-refractivity contribution in [2.75, 3.05) is 24.8 Å². The molecule has 0 aromatic heterocycles. The van der Waals surface area contributed by atoms with Gasteiger partial charge in [-0.15, -0.1) is 0 Å². The molecule has 0 atom stereocenters. The van der Waals surface area contributed by atoms with Crippen LogP contribution in [-0.4, -0.2) is 42.4 Å². The number of halogens is 1. The number of carbonyl (C=O) groups is 2. The average molecular weight is 510 g/mol. The molecule has 1 N–H and O–H groups in total. The molecule has 0 saturated heterocycles. The van der Waals surface area contributed by atoms with Crippen molar-refractivity contribution in [3.8, 4) is 0 Å². The number of hydrogen-bond donors (Lipinski definition) is 1. The van der Waals surface area contributed by atoms with E-state index in [-0.39, 0.29) is 24.4 Å². The molecule has 1 aliphatic heterocycles. The van der Waals surface area contributed by atoms with Crippen molar-refractivity contribution in [1.82, 2.24) is 10.3 Å². The van der Waals surface area contributed by atoms with Gasteiger partial charge in [-0.3, -0.25) is 5.01 Å². The van der Waals surface area contributed by atoms with Gasteiger partial charge in [0.25, 0.3) is 0 Å². The maximum Gasteiger partial charge on any atom is 0.341 e. The predicted molar refractivity (Wildman–Crippen MR) is 141 cm³/mol. The second-order valence-electron chi connectivity index (χ2n) is 10.7. The Hall–Kier alpha value is -3.39. The van der Waals surface area contributed by atoms with Gasteiger partial charge >= 0.3 is 12.0 Å². The van der Waals surface area contributed by atoms with Gasteiger partial charge in [0.2, 0.25) is 0 Å². The van der Waals surface area contributed by atoms with Crippen molar-refractivity contribution in [3.05, 3.63) is 72.2 Å². The molecule has 37 heavy (non-hydrogen) atoms. The monoisotopic (exact) mass is 509 g/mol. The third-order valence-corrected chi connectivity index (χ3v) is 6.53. The highest BCUT2D eigenvalue weighted by Gasteiger charge is 2.31. The fourth-order valence-electron chi connectivity index (χ4n) is 4.78. The number of hydrazine groups is 1. The smallest absolute Gasteiger partial charge is 0.341 e. The lowest BCUT2D eigenvalue weighted by molar-refractivity contribution is -0.160. The predicted octanol–water partition coefficient (Wildman–Crippen LogP) is 5.74. The van der Waals surface area contributed by atoms with Gasteiger partial charge in [0.1, 0.15) is 18.0 Å². The molecule has 1 heterocycles. The Balaban J connectivity index is 1.36. The lowest BCUT2D eigenvalue weighted by Crippen LogP contribution is -2.54. The van der Waals surface area contributed by atoms with Gasteiger partial charge in [0.15, 0.2) is 0 Å². The number of anilines is 1. The van der Waals surface area contributed by atoms with Crippen LogP contribution in [0.4, 0.5) is 14.9 Å². The van der Waals surface area contributed by atoms with Crippen LogP contribution in [0.5, 0.6) is 0 Å². The Morgan fingerprint density at radius 3 is 2.41 bits per heavy atom. The molecular formula is C29H36FN3O4. The SMILES string of the molecule is CC(C)(C)OC(=O)COCC1CCC(CN2C(=O)NC(c3cccc(F)c3)=CN2c2ccccc2)CC1. The number of nitrogens with one attached hydrogen (secondary N) is 1. The molecule has 4 rings (SSSR count). The summed E-state index contributed by atoms with van der Waals surface area (Å²) in [6.07, 6.45) is 5.73. The summed E-state index contributed by atoms with van der Waals surface area (Å²) in [5.74, 6) is 0.0268. The summed E-state index contributed by atoms with van der Waals surface area (Å²) in [4.78, 5) is 25.1. The molecule has 0 radical (unpaired) electrons. The number of amides is 2. The zero-order valence-electron chi connectivity index (χ0n) is 21.8. The third-order valence-electron chi connectivity index (χ3n) is 6.53. The lowest BCUT2D eigenvalue weighted by Gasteiger charge is -2.41. The van der Waals surface area contributed by atoms with Crippen LogP contribution in [0.15, 0.2) is 60.8 Å². The quantitative estimate of drug-likeness (QED) is 0.460. The number of urea groups is 1. The van der Waals surface area contributed by atoms with Crippen molar-refractivity contribution >= 4 is 23.4 Å². The zero-order chi connectivity index (χ0) is 26.4.